The van der Waals surface area contributed by atoms with Crippen LogP contribution in [0.15, 0.2) is 95.7 Å². The summed E-state index contributed by atoms with van der Waals surface area (Å²) in [5.41, 5.74) is 5.18. The van der Waals surface area contributed by atoms with Gasteiger partial charge in [-0.15, -0.1) is 0 Å². The molecule has 1 unspecified atom stereocenters. The molecule has 0 saturated carbocycles. The average Bonchev–Trinajstić information content (AvgIpc) is 3.34. The largest absolute Gasteiger partial charge is 0.374 e. The third-order valence-electron chi connectivity index (χ3n) is 5.60. The first kappa shape index (κ1) is 18.6. The average molecular weight is 401 g/mol. The third kappa shape index (κ3) is 3.59. The molecule has 30 heavy (non-hydrogen) atoms. The summed E-state index contributed by atoms with van der Waals surface area (Å²) in [6.07, 6.45) is 3.02. The Morgan fingerprint density at radius 1 is 0.833 bits per heavy atom. The first-order valence-electron chi connectivity index (χ1n) is 10.1. The first-order valence-corrected chi connectivity index (χ1v) is 10.1. The van der Waals surface area contributed by atoms with Gasteiger partial charge in [-0.3, -0.25) is 5.01 Å². The Labute approximate surface area is 174 Å². The van der Waals surface area contributed by atoms with Crippen LogP contribution in [0.5, 0.6) is 0 Å². The number of fused-ring (bicyclic) bond motifs is 1. The van der Waals surface area contributed by atoms with E-state index in [4.69, 9.17) is 5.10 Å². The highest BCUT2D eigenvalue weighted by Gasteiger charge is 2.38. The fourth-order valence-electron chi connectivity index (χ4n) is 4.05. The van der Waals surface area contributed by atoms with Crippen molar-refractivity contribution >= 4 is 11.4 Å². The molecule has 2 heterocycles. The zero-order valence-electron chi connectivity index (χ0n) is 16.4. The highest BCUT2D eigenvalue weighted by Crippen LogP contribution is 2.34. The summed E-state index contributed by atoms with van der Waals surface area (Å²) in [7, 11) is 0. The molecule has 0 amide bonds. The Kier molecular flexibility index (Phi) is 4.79. The van der Waals surface area contributed by atoms with Crippen molar-refractivity contribution in [2.75, 3.05) is 18.1 Å². The van der Waals surface area contributed by atoms with Crippen molar-refractivity contribution in [3.05, 3.63) is 113 Å². The number of halogens is 2. The van der Waals surface area contributed by atoms with Crippen LogP contribution < -0.4 is 5.01 Å². The summed E-state index contributed by atoms with van der Waals surface area (Å²) in [6, 6.07) is 23.4. The van der Waals surface area contributed by atoms with Crippen molar-refractivity contribution in [2.24, 2.45) is 5.10 Å². The molecule has 0 spiro atoms. The van der Waals surface area contributed by atoms with Gasteiger partial charge in [0.05, 0.1) is 17.4 Å². The fourth-order valence-corrected chi connectivity index (χ4v) is 4.05. The molecule has 0 bridgehead atoms. The minimum atomic E-state index is -0.256. The topological polar surface area (TPSA) is 18.8 Å². The number of nitrogens with zero attached hydrogens (tertiary/aromatic N) is 3. The Bertz CT molecular complexity index is 1090. The summed E-state index contributed by atoms with van der Waals surface area (Å²) < 4.78 is 26.6. The number of anilines is 1. The van der Waals surface area contributed by atoms with Gasteiger partial charge in [-0.05, 0) is 48.4 Å². The second kappa shape index (κ2) is 7.75. The van der Waals surface area contributed by atoms with Crippen molar-refractivity contribution < 1.29 is 8.78 Å². The smallest absolute Gasteiger partial charge is 0.123 e. The molecular formula is C25H21F2N3. The van der Waals surface area contributed by atoms with Crippen molar-refractivity contribution in [1.29, 1.82) is 0 Å². The molecule has 1 atom stereocenters. The molecule has 2 aliphatic heterocycles. The molecule has 0 fully saturated rings. The maximum absolute atomic E-state index is 13.4. The fraction of sp³-hybridized carbons (Fsp3) is 0.160. The van der Waals surface area contributed by atoms with E-state index in [2.05, 4.69) is 23.2 Å². The Balaban J connectivity index is 1.41. The lowest BCUT2D eigenvalue weighted by molar-refractivity contribution is 0.392. The maximum atomic E-state index is 13.4. The molecule has 2 aliphatic rings. The van der Waals surface area contributed by atoms with E-state index in [0.717, 1.165) is 42.0 Å². The molecule has 0 N–H and O–H groups in total. The minimum absolute atomic E-state index is 0.0823. The lowest BCUT2D eigenvalue weighted by Gasteiger charge is -2.24. The van der Waals surface area contributed by atoms with Crippen LogP contribution in [0.25, 0.3) is 0 Å². The summed E-state index contributed by atoms with van der Waals surface area (Å²) in [6.45, 7) is 1.64. The maximum Gasteiger partial charge on any atom is 0.123 e. The van der Waals surface area contributed by atoms with Crippen LogP contribution in [0.4, 0.5) is 14.5 Å². The van der Waals surface area contributed by atoms with E-state index in [-0.39, 0.29) is 17.7 Å². The van der Waals surface area contributed by atoms with E-state index in [9.17, 15) is 8.78 Å². The van der Waals surface area contributed by atoms with Gasteiger partial charge in [-0.1, -0.05) is 42.5 Å². The summed E-state index contributed by atoms with van der Waals surface area (Å²) in [5, 5.41) is 6.89. The number of hydrogen-bond acceptors (Lipinski definition) is 3. The predicted molar refractivity (Wildman–Crippen MR) is 115 cm³/mol. The Morgan fingerprint density at radius 2 is 1.50 bits per heavy atom. The standard InChI is InChI=1S/C25H21F2N3/c26-20-8-6-18(7-9-20)14-15-29-16-23-24(17-29)30(22-12-10-21(27)11-13-22)28-25(23)19-4-2-1-3-5-19/h1-13,16,24H,14-15,17H2. The SMILES string of the molecule is Fc1ccc(CCN2C=C3C(c4ccccc4)=NN(c4ccc(F)cc4)C3C2)cc1. The van der Waals surface area contributed by atoms with Crippen LogP contribution in [-0.2, 0) is 6.42 Å². The van der Waals surface area contributed by atoms with Crippen LogP contribution in [0.2, 0.25) is 0 Å². The van der Waals surface area contributed by atoms with Gasteiger partial charge >= 0.3 is 0 Å². The van der Waals surface area contributed by atoms with Gasteiger partial charge in [0.15, 0.2) is 0 Å². The zero-order chi connectivity index (χ0) is 20.5. The van der Waals surface area contributed by atoms with Crippen molar-refractivity contribution in [3.63, 3.8) is 0 Å². The molecule has 0 radical (unpaired) electrons. The van der Waals surface area contributed by atoms with Gasteiger partial charge < -0.3 is 4.90 Å². The van der Waals surface area contributed by atoms with Crippen LogP contribution in [0, 0.1) is 11.6 Å². The zero-order valence-corrected chi connectivity index (χ0v) is 16.4. The molecule has 0 aromatic heterocycles. The number of benzene rings is 3. The quantitative estimate of drug-likeness (QED) is 0.599. The molecule has 5 heteroatoms. The lowest BCUT2D eigenvalue weighted by Crippen LogP contribution is -2.34. The molecule has 3 nitrogen and oxygen atoms in total. The summed E-state index contributed by atoms with van der Waals surface area (Å²) in [5.74, 6) is -0.469. The van der Waals surface area contributed by atoms with E-state index in [0.29, 0.717) is 0 Å². The molecule has 3 aromatic carbocycles. The van der Waals surface area contributed by atoms with Gasteiger partial charge in [0.25, 0.3) is 0 Å². The van der Waals surface area contributed by atoms with Crippen molar-refractivity contribution in [2.45, 2.75) is 12.5 Å². The van der Waals surface area contributed by atoms with E-state index in [1.165, 1.54) is 29.8 Å². The molecular weight excluding hydrogens is 380 g/mol. The van der Waals surface area contributed by atoms with Gasteiger partial charge in [0.1, 0.15) is 11.6 Å². The van der Waals surface area contributed by atoms with Crippen LogP contribution in [0.3, 0.4) is 0 Å². The van der Waals surface area contributed by atoms with Crippen molar-refractivity contribution in [3.8, 4) is 0 Å². The van der Waals surface area contributed by atoms with Gasteiger partial charge in [0, 0.05) is 30.4 Å². The summed E-state index contributed by atoms with van der Waals surface area (Å²) >= 11 is 0. The van der Waals surface area contributed by atoms with Crippen LogP contribution >= 0.6 is 0 Å². The number of hydrogen-bond donors (Lipinski definition) is 0. The minimum Gasteiger partial charge on any atom is -0.374 e. The highest BCUT2D eigenvalue weighted by molar-refractivity contribution is 6.16. The van der Waals surface area contributed by atoms with Gasteiger partial charge in [-0.25, -0.2) is 8.78 Å². The molecule has 5 rings (SSSR count). The van der Waals surface area contributed by atoms with Crippen LogP contribution in [0.1, 0.15) is 11.1 Å². The number of rotatable bonds is 5. The molecule has 3 aromatic rings. The van der Waals surface area contributed by atoms with E-state index in [1.54, 1.807) is 12.1 Å². The molecule has 150 valence electrons. The molecule has 0 saturated heterocycles. The normalized spacial score (nSPS) is 17.7. The lowest BCUT2D eigenvalue weighted by atomic mass is 10.0. The van der Waals surface area contributed by atoms with Crippen molar-refractivity contribution in [1.82, 2.24) is 4.90 Å². The Morgan fingerprint density at radius 3 is 2.20 bits per heavy atom. The van der Waals surface area contributed by atoms with Crippen LogP contribution in [-0.4, -0.2) is 29.7 Å². The molecule has 0 aliphatic carbocycles. The number of hydrazone groups is 1. The second-order valence-corrected chi connectivity index (χ2v) is 7.61. The third-order valence-corrected chi connectivity index (χ3v) is 5.60. The van der Waals surface area contributed by atoms with E-state index < -0.39 is 0 Å². The summed E-state index contributed by atoms with van der Waals surface area (Å²) in [4.78, 5) is 2.29. The van der Waals surface area contributed by atoms with Gasteiger partial charge in [0.2, 0.25) is 0 Å². The van der Waals surface area contributed by atoms with E-state index in [1.807, 2.05) is 35.3 Å². The monoisotopic (exact) mass is 401 g/mol. The Hall–Kier alpha value is -3.47. The second-order valence-electron chi connectivity index (χ2n) is 7.61. The first-order chi connectivity index (χ1) is 14.7. The predicted octanol–water partition coefficient (Wildman–Crippen LogP) is 5.00. The van der Waals surface area contributed by atoms with E-state index >= 15 is 0 Å². The highest BCUT2D eigenvalue weighted by atomic mass is 19.1. The van der Waals surface area contributed by atoms with Gasteiger partial charge in [-0.2, -0.15) is 5.10 Å².